The summed E-state index contributed by atoms with van der Waals surface area (Å²) in [6.45, 7) is 0. The Morgan fingerprint density at radius 2 is 2.16 bits per heavy atom. The van der Waals surface area contributed by atoms with Crippen LogP contribution < -0.4 is 5.32 Å². The minimum absolute atomic E-state index is 0.0107. The molecule has 0 aliphatic carbocycles. The molecule has 2 rings (SSSR count). The van der Waals surface area contributed by atoms with E-state index in [-0.39, 0.29) is 16.4 Å². The van der Waals surface area contributed by atoms with Gasteiger partial charge < -0.3 is 5.11 Å². The number of phenols is 1. The Hall–Kier alpha value is -2.49. The van der Waals surface area contributed by atoms with Crippen LogP contribution in [0.25, 0.3) is 0 Å². The Balaban J connectivity index is 2.29. The molecule has 0 saturated heterocycles. The summed E-state index contributed by atoms with van der Waals surface area (Å²) in [5, 5.41) is 24.2. The van der Waals surface area contributed by atoms with Crippen LogP contribution in [-0.4, -0.2) is 46.3 Å². The number of hydrogen-bond acceptors (Lipinski definition) is 7. The molecular weight excluding hydrogens is 274 g/mol. The number of carbonyl (C=O) groups excluding carboxylic acids is 1. The molecular formula is C9H9N5O4S. The van der Waals surface area contributed by atoms with Crippen molar-refractivity contribution in [3.63, 3.8) is 0 Å². The highest BCUT2D eigenvalue weighted by molar-refractivity contribution is 7.90. The second kappa shape index (κ2) is 4.65. The Morgan fingerprint density at radius 1 is 1.42 bits per heavy atom. The molecule has 0 fully saturated rings. The molecule has 0 aliphatic rings. The molecule has 1 aromatic carbocycles. The summed E-state index contributed by atoms with van der Waals surface area (Å²) >= 11 is 0. The summed E-state index contributed by atoms with van der Waals surface area (Å²) in [7, 11) is -3.45. The highest BCUT2D eigenvalue weighted by atomic mass is 32.2. The second-order valence-corrected chi connectivity index (χ2v) is 5.67. The smallest absolute Gasteiger partial charge is 0.261 e. The SMILES string of the molecule is CS(=O)(=O)c1ccc(C(=O)Nc2nnn[nH]2)c(O)c1. The summed E-state index contributed by atoms with van der Waals surface area (Å²) in [6.07, 6.45) is 1.00. The fourth-order valence-electron chi connectivity index (χ4n) is 1.32. The van der Waals surface area contributed by atoms with Crippen LogP contribution >= 0.6 is 0 Å². The summed E-state index contributed by atoms with van der Waals surface area (Å²) < 4.78 is 22.6. The first-order valence-corrected chi connectivity index (χ1v) is 6.85. The predicted molar refractivity (Wildman–Crippen MR) is 63.3 cm³/mol. The zero-order valence-electron chi connectivity index (χ0n) is 9.65. The van der Waals surface area contributed by atoms with Crippen molar-refractivity contribution >= 4 is 21.7 Å². The molecule has 0 spiro atoms. The van der Waals surface area contributed by atoms with Crippen molar-refractivity contribution in [2.75, 3.05) is 11.6 Å². The van der Waals surface area contributed by atoms with Gasteiger partial charge in [-0.25, -0.2) is 13.5 Å². The molecule has 1 heterocycles. The van der Waals surface area contributed by atoms with Gasteiger partial charge in [-0.1, -0.05) is 5.10 Å². The third-order valence-corrected chi connectivity index (χ3v) is 3.33. The van der Waals surface area contributed by atoms with E-state index in [0.29, 0.717) is 0 Å². The van der Waals surface area contributed by atoms with Crippen molar-refractivity contribution in [1.82, 2.24) is 20.6 Å². The van der Waals surface area contributed by atoms with Gasteiger partial charge in [-0.05, 0) is 28.6 Å². The number of aromatic hydroxyl groups is 1. The average molecular weight is 283 g/mol. The van der Waals surface area contributed by atoms with E-state index >= 15 is 0 Å². The monoisotopic (exact) mass is 283 g/mol. The van der Waals surface area contributed by atoms with Gasteiger partial charge in [0.15, 0.2) is 9.84 Å². The third-order valence-electron chi connectivity index (χ3n) is 2.22. The molecule has 10 heteroatoms. The van der Waals surface area contributed by atoms with E-state index in [9.17, 15) is 18.3 Å². The molecule has 9 nitrogen and oxygen atoms in total. The van der Waals surface area contributed by atoms with Crippen LogP contribution in [0.5, 0.6) is 5.75 Å². The molecule has 19 heavy (non-hydrogen) atoms. The van der Waals surface area contributed by atoms with Gasteiger partial charge in [0.2, 0.25) is 5.95 Å². The molecule has 0 bridgehead atoms. The van der Waals surface area contributed by atoms with Crippen molar-refractivity contribution in [3.05, 3.63) is 23.8 Å². The average Bonchev–Trinajstić information content (AvgIpc) is 2.80. The minimum Gasteiger partial charge on any atom is -0.507 e. The topological polar surface area (TPSA) is 138 Å². The lowest BCUT2D eigenvalue weighted by atomic mass is 10.2. The molecule has 0 saturated carbocycles. The van der Waals surface area contributed by atoms with Gasteiger partial charge in [0.1, 0.15) is 5.75 Å². The number of nitrogens with zero attached hydrogens (tertiary/aromatic N) is 3. The number of aromatic nitrogens is 4. The fraction of sp³-hybridized carbons (Fsp3) is 0.111. The molecule has 0 radical (unpaired) electrons. The van der Waals surface area contributed by atoms with Gasteiger partial charge in [0.05, 0.1) is 10.5 Å². The zero-order chi connectivity index (χ0) is 14.0. The fourth-order valence-corrected chi connectivity index (χ4v) is 1.96. The van der Waals surface area contributed by atoms with Gasteiger partial charge in [-0.2, -0.15) is 0 Å². The lowest BCUT2D eigenvalue weighted by Crippen LogP contribution is -2.13. The highest BCUT2D eigenvalue weighted by Gasteiger charge is 2.16. The van der Waals surface area contributed by atoms with E-state index in [4.69, 9.17) is 0 Å². The Labute approximate surface area is 107 Å². The number of amides is 1. The molecule has 0 unspecified atom stereocenters. The van der Waals surface area contributed by atoms with E-state index in [0.717, 1.165) is 12.3 Å². The van der Waals surface area contributed by atoms with Gasteiger partial charge in [-0.3, -0.25) is 10.1 Å². The number of H-pyrrole nitrogens is 1. The summed E-state index contributed by atoms with van der Waals surface area (Å²) in [4.78, 5) is 11.7. The number of hydrogen-bond donors (Lipinski definition) is 3. The Kier molecular flexibility index (Phi) is 3.17. The maximum atomic E-state index is 11.8. The van der Waals surface area contributed by atoms with E-state index in [1.165, 1.54) is 12.1 Å². The standard InChI is InChI=1S/C9H9N5O4S/c1-19(17,18)5-2-3-6(7(15)4-5)8(16)10-9-11-13-14-12-9/h2-4,15H,1H3,(H2,10,11,12,13,14,16). The Bertz CT molecular complexity index is 710. The first-order chi connectivity index (χ1) is 8.88. The van der Waals surface area contributed by atoms with Gasteiger partial charge >= 0.3 is 0 Å². The number of phenolic OH excluding ortho intramolecular Hbond substituents is 1. The number of aromatic amines is 1. The zero-order valence-corrected chi connectivity index (χ0v) is 10.5. The van der Waals surface area contributed by atoms with Crippen molar-refractivity contribution < 1.29 is 18.3 Å². The van der Waals surface area contributed by atoms with Crippen LogP contribution in [0.1, 0.15) is 10.4 Å². The summed E-state index contributed by atoms with van der Waals surface area (Å²) in [5.41, 5.74) is -0.0937. The van der Waals surface area contributed by atoms with Crippen molar-refractivity contribution in [1.29, 1.82) is 0 Å². The number of rotatable bonds is 3. The number of tetrazole rings is 1. The number of carbonyl (C=O) groups is 1. The predicted octanol–water partition coefficient (Wildman–Crippen LogP) is -0.439. The number of anilines is 1. The second-order valence-electron chi connectivity index (χ2n) is 3.66. The van der Waals surface area contributed by atoms with Crippen LogP contribution in [-0.2, 0) is 9.84 Å². The number of sulfone groups is 1. The van der Waals surface area contributed by atoms with Crippen LogP contribution in [0.15, 0.2) is 23.1 Å². The molecule has 0 atom stereocenters. The lowest BCUT2D eigenvalue weighted by molar-refractivity contribution is 0.102. The minimum atomic E-state index is -3.45. The lowest BCUT2D eigenvalue weighted by Gasteiger charge is -2.05. The van der Waals surface area contributed by atoms with Gasteiger partial charge in [-0.15, -0.1) is 0 Å². The third kappa shape index (κ3) is 2.85. The molecule has 3 N–H and O–H groups in total. The quantitative estimate of drug-likeness (QED) is 0.694. The first-order valence-electron chi connectivity index (χ1n) is 4.96. The van der Waals surface area contributed by atoms with Crippen LogP contribution in [0.3, 0.4) is 0 Å². The van der Waals surface area contributed by atoms with Crippen LogP contribution in [0.2, 0.25) is 0 Å². The largest absolute Gasteiger partial charge is 0.507 e. The van der Waals surface area contributed by atoms with Crippen LogP contribution in [0.4, 0.5) is 5.95 Å². The highest BCUT2D eigenvalue weighted by Crippen LogP contribution is 2.22. The normalized spacial score (nSPS) is 11.2. The maximum Gasteiger partial charge on any atom is 0.261 e. The van der Waals surface area contributed by atoms with E-state index in [1.807, 2.05) is 0 Å². The summed E-state index contributed by atoms with van der Waals surface area (Å²) in [6, 6.07) is 3.43. The van der Waals surface area contributed by atoms with Crippen molar-refractivity contribution in [3.8, 4) is 5.75 Å². The van der Waals surface area contributed by atoms with Gasteiger partial charge in [0.25, 0.3) is 5.91 Å². The van der Waals surface area contributed by atoms with Gasteiger partial charge in [0, 0.05) is 6.26 Å². The van der Waals surface area contributed by atoms with E-state index < -0.39 is 21.5 Å². The molecule has 0 aliphatic heterocycles. The number of benzene rings is 1. The Morgan fingerprint density at radius 3 is 2.68 bits per heavy atom. The first kappa shape index (κ1) is 13.0. The molecule has 2 aromatic rings. The molecule has 1 aromatic heterocycles. The van der Waals surface area contributed by atoms with Crippen LogP contribution in [0, 0.1) is 0 Å². The molecule has 1 amide bonds. The molecule has 100 valence electrons. The van der Waals surface area contributed by atoms with Crippen molar-refractivity contribution in [2.24, 2.45) is 0 Å². The van der Waals surface area contributed by atoms with E-state index in [1.54, 1.807) is 0 Å². The summed E-state index contributed by atoms with van der Waals surface area (Å²) in [5.74, 6) is -1.11. The number of nitrogens with one attached hydrogen (secondary N) is 2. The van der Waals surface area contributed by atoms with Crippen molar-refractivity contribution in [2.45, 2.75) is 4.90 Å². The maximum absolute atomic E-state index is 11.8. The van der Waals surface area contributed by atoms with E-state index in [2.05, 4.69) is 25.9 Å².